The van der Waals surface area contributed by atoms with Gasteiger partial charge in [-0.15, -0.1) is 0 Å². The minimum Gasteiger partial charge on any atom is -0.361 e. The SMILES string of the molecule is [N-]=[N+]=C1CC=CC2=C1Sc1ccccc1N2. The van der Waals surface area contributed by atoms with Gasteiger partial charge in [0.25, 0.3) is 0 Å². The van der Waals surface area contributed by atoms with Crippen LogP contribution in [0.2, 0.25) is 0 Å². The zero-order chi connectivity index (χ0) is 11.0. The molecule has 0 aromatic heterocycles. The fourth-order valence-corrected chi connectivity index (χ4v) is 2.89. The summed E-state index contributed by atoms with van der Waals surface area (Å²) in [5, 5.41) is 3.34. The van der Waals surface area contributed by atoms with Crippen molar-refractivity contribution in [2.45, 2.75) is 11.3 Å². The molecule has 0 amide bonds. The Balaban J connectivity index is 2.11. The van der Waals surface area contributed by atoms with Crippen LogP contribution in [0.15, 0.2) is 51.9 Å². The van der Waals surface area contributed by atoms with E-state index in [0.29, 0.717) is 6.42 Å². The Labute approximate surface area is 97.5 Å². The summed E-state index contributed by atoms with van der Waals surface area (Å²) < 4.78 is 0. The largest absolute Gasteiger partial charge is 0.361 e. The molecule has 0 saturated carbocycles. The highest BCUT2D eigenvalue weighted by molar-refractivity contribution is 8.04. The third kappa shape index (κ3) is 1.40. The number of allylic oxidation sites excluding steroid dienone is 3. The summed E-state index contributed by atoms with van der Waals surface area (Å²) in [5.41, 5.74) is 11.8. The topological polar surface area (TPSA) is 48.4 Å². The van der Waals surface area contributed by atoms with Crippen LogP contribution in [0.25, 0.3) is 5.53 Å². The van der Waals surface area contributed by atoms with E-state index in [0.717, 1.165) is 26.9 Å². The highest BCUT2D eigenvalue weighted by Gasteiger charge is 2.27. The van der Waals surface area contributed by atoms with Crippen molar-refractivity contribution >= 4 is 23.2 Å². The zero-order valence-corrected chi connectivity index (χ0v) is 9.29. The van der Waals surface area contributed by atoms with Crippen molar-refractivity contribution in [3.63, 3.8) is 0 Å². The number of hydrogen-bond acceptors (Lipinski definition) is 2. The first-order chi connectivity index (χ1) is 7.88. The molecule has 1 aliphatic carbocycles. The first-order valence-corrected chi connectivity index (χ1v) is 5.86. The quantitative estimate of drug-likeness (QED) is 0.547. The van der Waals surface area contributed by atoms with Crippen LogP contribution in [0.3, 0.4) is 0 Å². The number of para-hydroxylation sites is 1. The van der Waals surface area contributed by atoms with Gasteiger partial charge in [0.05, 0.1) is 17.8 Å². The molecule has 4 heteroatoms. The second-order valence-electron chi connectivity index (χ2n) is 3.62. The maximum Gasteiger partial charge on any atom is 0.311 e. The monoisotopic (exact) mass is 227 g/mol. The molecule has 78 valence electrons. The first-order valence-electron chi connectivity index (χ1n) is 5.04. The predicted octanol–water partition coefficient (Wildman–Crippen LogP) is 3.05. The van der Waals surface area contributed by atoms with Crippen LogP contribution in [-0.4, -0.2) is 10.5 Å². The third-order valence-electron chi connectivity index (χ3n) is 2.59. The second-order valence-corrected chi connectivity index (χ2v) is 4.67. The fourth-order valence-electron chi connectivity index (χ4n) is 1.82. The lowest BCUT2D eigenvalue weighted by atomic mass is 10.1. The van der Waals surface area contributed by atoms with E-state index in [4.69, 9.17) is 5.53 Å². The summed E-state index contributed by atoms with van der Waals surface area (Å²) in [5.74, 6) is 0. The van der Waals surface area contributed by atoms with Crippen molar-refractivity contribution in [2.24, 2.45) is 0 Å². The van der Waals surface area contributed by atoms with Gasteiger partial charge in [-0.2, -0.15) is 4.79 Å². The van der Waals surface area contributed by atoms with Gasteiger partial charge in [0, 0.05) is 4.90 Å². The Hall–Kier alpha value is -1.77. The van der Waals surface area contributed by atoms with E-state index in [2.05, 4.69) is 16.2 Å². The van der Waals surface area contributed by atoms with Gasteiger partial charge in [0.1, 0.15) is 4.91 Å². The lowest BCUT2D eigenvalue weighted by Gasteiger charge is -2.21. The Kier molecular flexibility index (Phi) is 2.17. The molecular formula is C12H9N3S. The van der Waals surface area contributed by atoms with E-state index < -0.39 is 0 Å². The number of rotatable bonds is 0. The molecule has 0 spiro atoms. The van der Waals surface area contributed by atoms with Crippen molar-refractivity contribution in [1.82, 2.24) is 0 Å². The van der Waals surface area contributed by atoms with Crippen molar-refractivity contribution in [1.29, 1.82) is 0 Å². The van der Waals surface area contributed by atoms with Crippen LogP contribution in [0.5, 0.6) is 0 Å². The molecule has 1 aromatic carbocycles. The van der Waals surface area contributed by atoms with Crippen LogP contribution >= 0.6 is 11.8 Å². The molecule has 1 aromatic rings. The molecule has 2 aliphatic rings. The lowest BCUT2D eigenvalue weighted by molar-refractivity contribution is -0.00577. The maximum absolute atomic E-state index is 8.96. The second kappa shape index (κ2) is 3.67. The fraction of sp³-hybridized carbons (Fsp3) is 0.0833. The van der Waals surface area contributed by atoms with E-state index >= 15 is 0 Å². The predicted molar refractivity (Wildman–Crippen MR) is 65.3 cm³/mol. The van der Waals surface area contributed by atoms with E-state index in [9.17, 15) is 0 Å². The number of benzene rings is 1. The number of nitrogens with one attached hydrogen (secondary N) is 1. The van der Waals surface area contributed by atoms with Crippen LogP contribution in [0.4, 0.5) is 5.69 Å². The summed E-state index contributed by atoms with van der Waals surface area (Å²) in [6, 6.07) is 8.12. The standard InChI is InChI=1S/C12H9N3S/c13-15-10-6-3-5-9-12(10)16-11-7-2-1-4-8(11)14-9/h1-5,7,14H,6H2. The minimum absolute atomic E-state index is 0.687. The summed E-state index contributed by atoms with van der Waals surface area (Å²) in [6.45, 7) is 0. The minimum atomic E-state index is 0.687. The molecule has 0 radical (unpaired) electrons. The van der Waals surface area contributed by atoms with E-state index in [1.165, 1.54) is 0 Å². The van der Waals surface area contributed by atoms with Gasteiger partial charge < -0.3 is 10.8 Å². The average Bonchev–Trinajstić information content (AvgIpc) is 2.35. The average molecular weight is 227 g/mol. The maximum atomic E-state index is 8.96. The molecule has 1 heterocycles. The molecule has 3 rings (SSSR count). The van der Waals surface area contributed by atoms with Gasteiger partial charge in [-0.25, -0.2) is 0 Å². The van der Waals surface area contributed by atoms with Gasteiger partial charge in [0.15, 0.2) is 0 Å². The van der Waals surface area contributed by atoms with Crippen molar-refractivity contribution < 1.29 is 4.79 Å². The van der Waals surface area contributed by atoms with Gasteiger partial charge in [0.2, 0.25) is 0 Å². The molecule has 0 saturated heterocycles. The van der Waals surface area contributed by atoms with Gasteiger partial charge in [-0.05, 0) is 18.2 Å². The Morgan fingerprint density at radius 1 is 1.31 bits per heavy atom. The van der Waals surface area contributed by atoms with E-state index in [1.807, 2.05) is 30.4 Å². The smallest absolute Gasteiger partial charge is 0.311 e. The van der Waals surface area contributed by atoms with Crippen molar-refractivity contribution in [2.75, 3.05) is 5.32 Å². The normalized spacial score (nSPS) is 17.4. The molecule has 1 aliphatic heterocycles. The van der Waals surface area contributed by atoms with Crippen molar-refractivity contribution in [3.8, 4) is 0 Å². The molecule has 0 fully saturated rings. The molecule has 1 N–H and O–H groups in total. The number of fused-ring (bicyclic) bond motifs is 1. The summed E-state index contributed by atoms with van der Waals surface area (Å²) in [6.07, 6.45) is 4.72. The lowest BCUT2D eigenvalue weighted by Crippen LogP contribution is -2.15. The molecule has 0 bridgehead atoms. The highest BCUT2D eigenvalue weighted by atomic mass is 32.2. The molecule has 0 unspecified atom stereocenters. The Morgan fingerprint density at radius 3 is 3.06 bits per heavy atom. The molecule has 3 nitrogen and oxygen atoms in total. The van der Waals surface area contributed by atoms with E-state index in [1.54, 1.807) is 11.8 Å². The molecule has 16 heavy (non-hydrogen) atoms. The summed E-state index contributed by atoms with van der Waals surface area (Å²) >= 11 is 1.65. The number of anilines is 1. The first kappa shape index (κ1) is 9.46. The van der Waals surface area contributed by atoms with Crippen LogP contribution in [0.1, 0.15) is 6.42 Å². The summed E-state index contributed by atoms with van der Waals surface area (Å²) in [4.78, 5) is 5.53. The Bertz CT molecular complexity index is 565. The third-order valence-corrected chi connectivity index (χ3v) is 3.83. The molecular weight excluding hydrogens is 218 g/mol. The van der Waals surface area contributed by atoms with Crippen LogP contribution in [-0.2, 0) is 0 Å². The Morgan fingerprint density at radius 2 is 2.19 bits per heavy atom. The van der Waals surface area contributed by atoms with Gasteiger partial charge in [-0.3, -0.25) is 0 Å². The van der Waals surface area contributed by atoms with Crippen molar-refractivity contribution in [3.05, 3.63) is 52.6 Å². The van der Waals surface area contributed by atoms with Crippen LogP contribution < -0.4 is 5.32 Å². The van der Waals surface area contributed by atoms with E-state index in [-0.39, 0.29) is 0 Å². The number of hydrogen-bond donors (Lipinski definition) is 1. The van der Waals surface area contributed by atoms with Gasteiger partial charge in [-0.1, -0.05) is 30.0 Å². The number of thioether (sulfide) groups is 1. The van der Waals surface area contributed by atoms with Crippen LogP contribution in [0, 0.1) is 0 Å². The summed E-state index contributed by atoms with van der Waals surface area (Å²) in [7, 11) is 0. The zero-order valence-electron chi connectivity index (χ0n) is 8.47. The highest BCUT2D eigenvalue weighted by Crippen LogP contribution is 2.41. The van der Waals surface area contributed by atoms with Gasteiger partial charge >= 0.3 is 5.71 Å². The molecule has 0 atom stereocenters. The number of nitrogens with zero attached hydrogens (tertiary/aromatic N) is 2.